The van der Waals surface area contributed by atoms with Gasteiger partial charge in [-0.1, -0.05) is 11.6 Å². The maximum Gasteiger partial charge on any atom is 0.297 e. The van der Waals surface area contributed by atoms with E-state index in [1.807, 2.05) is 0 Å². The van der Waals surface area contributed by atoms with E-state index in [9.17, 15) is 18.7 Å². The van der Waals surface area contributed by atoms with Crippen LogP contribution in [-0.4, -0.2) is 43.7 Å². The first-order valence-corrected chi connectivity index (χ1v) is 8.88. The Hall–Kier alpha value is -2.04. The predicted octanol–water partition coefficient (Wildman–Crippen LogP) is 3.51. The number of hydrogen-bond acceptors (Lipinski definition) is 5. The van der Waals surface area contributed by atoms with E-state index in [0.717, 1.165) is 0 Å². The van der Waals surface area contributed by atoms with Gasteiger partial charge in [0.25, 0.3) is 12.3 Å². The second kappa shape index (κ2) is 7.53. The van der Waals surface area contributed by atoms with Crippen LogP contribution in [-0.2, 0) is 6.73 Å². The molecule has 1 atom stereocenters. The third kappa shape index (κ3) is 3.97. The minimum absolute atomic E-state index is 0.0328. The molecule has 1 aliphatic heterocycles. The van der Waals surface area contributed by atoms with E-state index < -0.39 is 24.5 Å². The number of carbonyl (C=O) groups excluding carboxylic acids is 1. The van der Waals surface area contributed by atoms with Crippen LogP contribution >= 0.6 is 27.5 Å². The van der Waals surface area contributed by atoms with Gasteiger partial charge < -0.3 is 9.84 Å². The first-order chi connectivity index (χ1) is 12.7. The molecule has 1 aromatic heterocycles. The number of halogens is 4. The molecule has 0 saturated heterocycles. The Kier molecular flexibility index (Phi) is 5.50. The number of benzene rings is 1. The number of hydrazone groups is 1. The van der Waals surface area contributed by atoms with Gasteiger partial charge in [-0.05, 0) is 47.1 Å². The minimum Gasteiger partial charge on any atom is -0.470 e. The number of rotatable bonds is 5. The molecule has 7 nitrogen and oxygen atoms in total. The average Bonchev–Trinajstić information content (AvgIpc) is 3.18. The molecule has 2 heterocycles. The van der Waals surface area contributed by atoms with Crippen LogP contribution in [0.4, 0.5) is 8.78 Å². The zero-order chi connectivity index (χ0) is 19.8. The SMILES string of the molecule is CC1=NN(C(=O)c2ccn(COc3ccc(Cl)cc3Br)n2)C(O)(C(F)F)C1. The summed E-state index contributed by atoms with van der Waals surface area (Å²) in [5, 5.41) is 18.8. The van der Waals surface area contributed by atoms with Crippen LogP contribution in [0.3, 0.4) is 0 Å². The first-order valence-electron chi connectivity index (χ1n) is 7.71. The smallest absolute Gasteiger partial charge is 0.297 e. The molecule has 0 spiro atoms. The van der Waals surface area contributed by atoms with Crippen molar-refractivity contribution >= 4 is 39.1 Å². The maximum atomic E-state index is 13.2. The summed E-state index contributed by atoms with van der Waals surface area (Å²) in [7, 11) is 0. The van der Waals surface area contributed by atoms with Crippen LogP contribution in [0.1, 0.15) is 23.8 Å². The fraction of sp³-hybridized carbons (Fsp3) is 0.312. The molecule has 2 aromatic rings. The fourth-order valence-corrected chi connectivity index (χ4v) is 3.32. The zero-order valence-corrected chi connectivity index (χ0v) is 16.3. The van der Waals surface area contributed by atoms with Crippen molar-refractivity contribution < 1.29 is 23.4 Å². The second-order valence-corrected chi connectivity index (χ2v) is 7.19. The second-order valence-electron chi connectivity index (χ2n) is 5.90. The molecular formula is C16H14BrClF2N4O3. The molecule has 27 heavy (non-hydrogen) atoms. The van der Waals surface area contributed by atoms with E-state index in [1.165, 1.54) is 23.9 Å². The maximum absolute atomic E-state index is 13.2. The van der Waals surface area contributed by atoms with Crippen LogP contribution in [0.25, 0.3) is 0 Å². The molecular weight excluding hydrogens is 450 g/mol. The molecule has 144 valence electrons. The Morgan fingerprint density at radius 3 is 2.89 bits per heavy atom. The van der Waals surface area contributed by atoms with Gasteiger partial charge in [-0.2, -0.15) is 15.2 Å². The van der Waals surface area contributed by atoms with Crippen molar-refractivity contribution in [2.75, 3.05) is 0 Å². The zero-order valence-electron chi connectivity index (χ0n) is 13.9. The minimum atomic E-state index is -3.17. The quantitative estimate of drug-likeness (QED) is 0.736. The molecule has 1 aliphatic rings. The number of nitrogens with zero attached hydrogens (tertiary/aromatic N) is 4. The van der Waals surface area contributed by atoms with Gasteiger partial charge in [-0.15, -0.1) is 0 Å². The number of aromatic nitrogens is 2. The summed E-state index contributed by atoms with van der Waals surface area (Å²) in [6, 6.07) is 6.30. The van der Waals surface area contributed by atoms with Gasteiger partial charge in [0.05, 0.1) is 4.47 Å². The Labute approximate surface area is 166 Å². The number of carbonyl (C=O) groups is 1. The van der Waals surface area contributed by atoms with Crippen molar-refractivity contribution in [2.24, 2.45) is 5.10 Å². The van der Waals surface area contributed by atoms with Gasteiger partial charge in [0.15, 0.2) is 12.4 Å². The Morgan fingerprint density at radius 2 is 2.22 bits per heavy atom. The molecule has 0 radical (unpaired) electrons. The summed E-state index contributed by atoms with van der Waals surface area (Å²) in [6.45, 7) is 1.42. The number of alkyl halides is 2. The lowest BCUT2D eigenvalue weighted by Gasteiger charge is -2.29. The lowest BCUT2D eigenvalue weighted by atomic mass is 10.1. The predicted molar refractivity (Wildman–Crippen MR) is 96.9 cm³/mol. The van der Waals surface area contributed by atoms with Crippen molar-refractivity contribution in [2.45, 2.75) is 32.2 Å². The van der Waals surface area contributed by atoms with Crippen LogP contribution in [0.15, 0.2) is 40.0 Å². The first kappa shape index (κ1) is 19.7. The van der Waals surface area contributed by atoms with Gasteiger partial charge in [-0.3, -0.25) is 4.79 Å². The van der Waals surface area contributed by atoms with E-state index in [4.69, 9.17) is 16.3 Å². The van der Waals surface area contributed by atoms with Crippen molar-refractivity contribution in [3.63, 3.8) is 0 Å². The summed E-state index contributed by atoms with van der Waals surface area (Å²) in [5.41, 5.74) is -2.59. The van der Waals surface area contributed by atoms with E-state index in [1.54, 1.807) is 18.2 Å². The molecule has 0 saturated carbocycles. The molecule has 0 fully saturated rings. The third-order valence-corrected chi connectivity index (χ3v) is 4.66. The Balaban J connectivity index is 1.72. The number of ether oxygens (including phenoxy) is 1. The highest BCUT2D eigenvalue weighted by atomic mass is 79.9. The fourth-order valence-electron chi connectivity index (χ4n) is 2.52. The molecule has 1 N–H and O–H groups in total. The van der Waals surface area contributed by atoms with E-state index in [-0.39, 0.29) is 18.1 Å². The van der Waals surface area contributed by atoms with Crippen molar-refractivity contribution in [3.8, 4) is 5.75 Å². The van der Waals surface area contributed by atoms with Gasteiger partial charge >= 0.3 is 0 Å². The topological polar surface area (TPSA) is 80.0 Å². The highest BCUT2D eigenvalue weighted by Gasteiger charge is 2.51. The summed E-state index contributed by atoms with van der Waals surface area (Å²) >= 11 is 9.17. The van der Waals surface area contributed by atoms with Crippen LogP contribution in [0, 0.1) is 0 Å². The molecule has 0 bridgehead atoms. The number of amides is 1. The number of hydrogen-bond donors (Lipinski definition) is 1. The van der Waals surface area contributed by atoms with Crippen LogP contribution < -0.4 is 4.74 Å². The lowest BCUT2D eigenvalue weighted by molar-refractivity contribution is -0.164. The summed E-state index contributed by atoms with van der Waals surface area (Å²) in [5.74, 6) is -0.421. The van der Waals surface area contributed by atoms with Gasteiger partial charge in [-0.25, -0.2) is 13.5 Å². The van der Waals surface area contributed by atoms with Gasteiger partial charge in [0, 0.05) is 23.4 Å². The highest BCUT2D eigenvalue weighted by molar-refractivity contribution is 9.10. The Morgan fingerprint density at radius 1 is 1.48 bits per heavy atom. The number of aliphatic hydroxyl groups is 1. The van der Waals surface area contributed by atoms with Gasteiger partial charge in [0.1, 0.15) is 5.75 Å². The molecule has 3 rings (SSSR count). The van der Waals surface area contributed by atoms with E-state index in [2.05, 4.69) is 26.1 Å². The van der Waals surface area contributed by atoms with Crippen LogP contribution in [0.5, 0.6) is 5.75 Å². The largest absolute Gasteiger partial charge is 0.470 e. The standard InChI is InChI=1S/C16H14BrClF2N4O3/c1-9-7-16(26,15(19)20)24(21-9)14(25)12-4-5-23(22-12)8-27-13-3-2-10(18)6-11(13)17/h2-6,15,26H,7-8H2,1H3. The van der Waals surface area contributed by atoms with E-state index in [0.29, 0.717) is 20.3 Å². The molecule has 11 heteroatoms. The Bertz CT molecular complexity index is 908. The van der Waals surface area contributed by atoms with Crippen molar-refractivity contribution in [3.05, 3.63) is 45.7 Å². The van der Waals surface area contributed by atoms with Gasteiger partial charge in [0.2, 0.25) is 5.72 Å². The molecule has 1 unspecified atom stereocenters. The molecule has 1 aromatic carbocycles. The summed E-state index contributed by atoms with van der Waals surface area (Å²) in [4.78, 5) is 12.5. The molecule has 1 amide bonds. The monoisotopic (exact) mass is 462 g/mol. The van der Waals surface area contributed by atoms with E-state index >= 15 is 0 Å². The molecule has 0 aliphatic carbocycles. The third-order valence-electron chi connectivity index (χ3n) is 3.80. The lowest BCUT2D eigenvalue weighted by Crippen LogP contribution is -2.51. The normalized spacial score (nSPS) is 19.5. The van der Waals surface area contributed by atoms with Crippen molar-refractivity contribution in [1.82, 2.24) is 14.8 Å². The van der Waals surface area contributed by atoms with Crippen LogP contribution in [0.2, 0.25) is 5.02 Å². The summed E-state index contributed by atoms with van der Waals surface area (Å²) in [6.07, 6.45) is -2.15. The average molecular weight is 464 g/mol. The summed E-state index contributed by atoms with van der Waals surface area (Å²) < 4.78 is 34.0. The van der Waals surface area contributed by atoms with Crippen molar-refractivity contribution in [1.29, 1.82) is 0 Å². The highest BCUT2D eigenvalue weighted by Crippen LogP contribution is 2.32.